The Morgan fingerprint density at radius 3 is 2.85 bits per heavy atom. The molecule has 2 N–H and O–H groups in total. The van der Waals surface area contributed by atoms with Crippen molar-refractivity contribution in [3.63, 3.8) is 0 Å². The second-order valence-electron chi connectivity index (χ2n) is 4.14. The molecule has 4 nitrogen and oxygen atoms in total. The molecule has 0 bridgehead atoms. The van der Waals surface area contributed by atoms with Crippen LogP contribution in [-0.2, 0) is 11.3 Å². The molecule has 2 rings (SSSR count). The summed E-state index contributed by atoms with van der Waals surface area (Å²) in [6.07, 6.45) is 0. The van der Waals surface area contributed by atoms with Crippen LogP contribution in [0.3, 0.4) is 0 Å². The molecule has 0 unspecified atom stereocenters. The Morgan fingerprint density at radius 1 is 1.35 bits per heavy atom. The molecule has 0 atom stereocenters. The monoisotopic (exact) mass is 310 g/mol. The molecule has 0 radical (unpaired) electrons. The summed E-state index contributed by atoms with van der Waals surface area (Å²) in [5, 5.41) is 8.62. The quantitative estimate of drug-likeness (QED) is 0.878. The zero-order valence-electron chi connectivity index (χ0n) is 11.2. The van der Waals surface area contributed by atoms with Gasteiger partial charge >= 0.3 is 0 Å². The lowest BCUT2D eigenvalue weighted by atomic mass is 10.3. The predicted octanol–water partition coefficient (Wildman–Crippen LogP) is 3.98. The number of nitrogens with one attached hydrogen (secondary N) is 2. The maximum absolute atomic E-state index is 11.1. The number of hydrogen-bond donors (Lipinski definition) is 2. The minimum absolute atomic E-state index is 0.0796. The van der Waals surface area contributed by atoms with Gasteiger partial charge in [0.2, 0.25) is 5.91 Å². The molecule has 0 aliphatic carbocycles. The summed E-state index contributed by atoms with van der Waals surface area (Å²) in [6, 6.07) is 7.32. The van der Waals surface area contributed by atoms with Gasteiger partial charge in [0.15, 0.2) is 0 Å². The summed E-state index contributed by atoms with van der Waals surface area (Å²) >= 11 is 7.71. The highest BCUT2D eigenvalue weighted by Crippen LogP contribution is 2.29. The lowest BCUT2D eigenvalue weighted by Crippen LogP contribution is -2.08. The molecule has 0 aliphatic rings. The van der Waals surface area contributed by atoms with E-state index in [9.17, 15) is 4.79 Å². The van der Waals surface area contributed by atoms with Gasteiger partial charge in [-0.3, -0.25) is 4.79 Å². The number of thiophene rings is 1. The van der Waals surface area contributed by atoms with E-state index >= 15 is 0 Å². The number of hydrogen-bond acceptors (Lipinski definition) is 4. The number of halogens is 1. The lowest BCUT2D eigenvalue weighted by molar-refractivity contribution is -0.114. The number of rotatable bonds is 5. The molecular formula is C14H15ClN2O2S. The van der Waals surface area contributed by atoms with Crippen LogP contribution in [0, 0.1) is 0 Å². The standard InChI is InChI=1S/C14H15ClN2O2S/c1-9(18)17-12-5-6-20-14(12)8-16-13-7-10(19-2)3-4-11(13)15/h3-7,16H,8H2,1-2H3,(H,17,18). The van der Waals surface area contributed by atoms with E-state index in [-0.39, 0.29) is 5.91 Å². The van der Waals surface area contributed by atoms with Crippen molar-refractivity contribution in [1.82, 2.24) is 0 Å². The molecule has 20 heavy (non-hydrogen) atoms. The summed E-state index contributed by atoms with van der Waals surface area (Å²) in [7, 11) is 1.61. The molecule has 0 saturated carbocycles. The van der Waals surface area contributed by atoms with Gasteiger partial charge < -0.3 is 15.4 Å². The van der Waals surface area contributed by atoms with Gasteiger partial charge in [0.25, 0.3) is 0 Å². The van der Waals surface area contributed by atoms with Crippen molar-refractivity contribution < 1.29 is 9.53 Å². The number of anilines is 2. The largest absolute Gasteiger partial charge is 0.497 e. The van der Waals surface area contributed by atoms with Crippen LogP contribution < -0.4 is 15.4 Å². The van der Waals surface area contributed by atoms with E-state index in [1.54, 1.807) is 30.6 Å². The summed E-state index contributed by atoms with van der Waals surface area (Å²) in [5.41, 5.74) is 1.63. The normalized spacial score (nSPS) is 10.2. The topological polar surface area (TPSA) is 50.4 Å². The van der Waals surface area contributed by atoms with Crippen LogP contribution in [0.2, 0.25) is 5.02 Å². The number of ether oxygens (including phenoxy) is 1. The second kappa shape index (κ2) is 6.63. The minimum atomic E-state index is -0.0796. The summed E-state index contributed by atoms with van der Waals surface area (Å²) in [5.74, 6) is 0.661. The van der Waals surface area contributed by atoms with Gasteiger partial charge in [-0.1, -0.05) is 11.6 Å². The molecule has 1 amide bonds. The minimum Gasteiger partial charge on any atom is -0.497 e. The highest BCUT2D eigenvalue weighted by molar-refractivity contribution is 7.10. The number of amides is 1. The predicted molar refractivity (Wildman–Crippen MR) is 84.0 cm³/mol. The average molecular weight is 311 g/mol. The third-order valence-corrected chi connectivity index (χ3v) is 3.92. The first-order valence-corrected chi connectivity index (χ1v) is 7.27. The number of benzene rings is 1. The lowest BCUT2D eigenvalue weighted by Gasteiger charge is -2.10. The maximum atomic E-state index is 11.1. The van der Waals surface area contributed by atoms with Gasteiger partial charge in [-0.2, -0.15) is 0 Å². The first kappa shape index (κ1) is 14.7. The van der Waals surface area contributed by atoms with E-state index < -0.39 is 0 Å². The van der Waals surface area contributed by atoms with Crippen LogP contribution in [0.25, 0.3) is 0 Å². The molecule has 0 aliphatic heterocycles. The van der Waals surface area contributed by atoms with Crippen molar-refractivity contribution in [1.29, 1.82) is 0 Å². The molecule has 1 aromatic heterocycles. The third-order valence-electron chi connectivity index (χ3n) is 2.67. The van der Waals surface area contributed by atoms with Crippen LogP contribution in [-0.4, -0.2) is 13.0 Å². The Morgan fingerprint density at radius 2 is 2.15 bits per heavy atom. The first-order valence-electron chi connectivity index (χ1n) is 6.01. The van der Waals surface area contributed by atoms with E-state index in [0.717, 1.165) is 22.0 Å². The molecule has 0 fully saturated rings. The van der Waals surface area contributed by atoms with E-state index in [1.165, 1.54) is 6.92 Å². The SMILES string of the molecule is COc1ccc(Cl)c(NCc2sccc2NC(C)=O)c1. The van der Waals surface area contributed by atoms with Gasteiger partial charge in [-0.15, -0.1) is 11.3 Å². The zero-order chi connectivity index (χ0) is 14.5. The van der Waals surface area contributed by atoms with Crippen molar-refractivity contribution in [3.05, 3.63) is 39.5 Å². The third kappa shape index (κ3) is 3.65. The Bertz CT molecular complexity index is 613. The van der Waals surface area contributed by atoms with Crippen LogP contribution in [0.5, 0.6) is 5.75 Å². The smallest absolute Gasteiger partial charge is 0.221 e. The fourth-order valence-corrected chi connectivity index (χ4v) is 2.68. The number of methoxy groups -OCH3 is 1. The maximum Gasteiger partial charge on any atom is 0.221 e. The van der Waals surface area contributed by atoms with Gasteiger partial charge in [0, 0.05) is 17.9 Å². The molecule has 1 heterocycles. The van der Waals surface area contributed by atoms with Crippen molar-refractivity contribution in [2.45, 2.75) is 13.5 Å². The van der Waals surface area contributed by atoms with E-state index in [1.807, 2.05) is 17.5 Å². The molecule has 0 saturated heterocycles. The van der Waals surface area contributed by atoms with Crippen molar-refractivity contribution in [3.8, 4) is 5.75 Å². The molecule has 6 heteroatoms. The Balaban J connectivity index is 2.09. The highest BCUT2D eigenvalue weighted by atomic mass is 35.5. The summed E-state index contributed by atoms with van der Waals surface area (Å²) < 4.78 is 5.17. The zero-order valence-corrected chi connectivity index (χ0v) is 12.8. The van der Waals surface area contributed by atoms with E-state index in [2.05, 4.69) is 10.6 Å². The van der Waals surface area contributed by atoms with Crippen molar-refractivity contribution in [2.75, 3.05) is 17.7 Å². The fourth-order valence-electron chi connectivity index (χ4n) is 1.72. The summed E-state index contributed by atoms with van der Waals surface area (Å²) in [6.45, 7) is 2.08. The molecule has 0 spiro atoms. The Hall–Kier alpha value is -1.72. The van der Waals surface area contributed by atoms with Gasteiger partial charge in [-0.05, 0) is 23.6 Å². The average Bonchev–Trinajstić information content (AvgIpc) is 2.84. The molecule has 106 valence electrons. The Kier molecular flexibility index (Phi) is 4.87. The fraction of sp³-hybridized carbons (Fsp3) is 0.214. The van der Waals surface area contributed by atoms with Crippen LogP contribution in [0.15, 0.2) is 29.6 Å². The number of carbonyl (C=O) groups excluding carboxylic acids is 1. The summed E-state index contributed by atoms with van der Waals surface area (Å²) in [4.78, 5) is 12.2. The number of carbonyl (C=O) groups is 1. The van der Waals surface area contributed by atoms with Gasteiger partial charge in [0.05, 0.1) is 30.1 Å². The van der Waals surface area contributed by atoms with Crippen LogP contribution in [0.4, 0.5) is 11.4 Å². The van der Waals surface area contributed by atoms with Crippen molar-refractivity contribution in [2.24, 2.45) is 0 Å². The van der Waals surface area contributed by atoms with Gasteiger partial charge in [-0.25, -0.2) is 0 Å². The molecule has 1 aromatic carbocycles. The van der Waals surface area contributed by atoms with Crippen molar-refractivity contribution >= 4 is 40.2 Å². The second-order valence-corrected chi connectivity index (χ2v) is 5.55. The van der Waals surface area contributed by atoms with E-state index in [0.29, 0.717) is 11.6 Å². The van der Waals surface area contributed by atoms with Crippen LogP contribution >= 0.6 is 22.9 Å². The van der Waals surface area contributed by atoms with Gasteiger partial charge in [0.1, 0.15) is 5.75 Å². The molecular weight excluding hydrogens is 296 g/mol. The molecule has 2 aromatic rings. The Labute approximate surface area is 126 Å². The first-order chi connectivity index (χ1) is 9.60. The van der Waals surface area contributed by atoms with Crippen LogP contribution in [0.1, 0.15) is 11.8 Å². The highest BCUT2D eigenvalue weighted by Gasteiger charge is 2.07. The van der Waals surface area contributed by atoms with E-state index in [4.69, 9.17) is 16.3 Å².